The molecule has 0 N–H and O–H groups in total. The Kier molecular flexibility index (Phi) is 6.39. The Labute approximate surface area is 187 Å². The molecule has 0 saturated heterocycles. The molecule has 34 heavy (non-hydrogen) atoms. The molecule has 0 aliphatic rings. The summed E-state index contributed by atoms with van der Waals surface area (Å²) < 4.78 is 82.6. The largest absolute Gasteiger partial charge is 0.204 e. The van der Waals surface area contributed by atoms with Gasteiger partial charge in [-0.3, -0.25) is 0 Å². The van der Waals surface area contributed by atoms with Crippen LogP contribution >= 0.6 is 0 Å². The molecular formula is C24H6F6N4. The van der Waals surface area contributed by atoms with Crippen molar-refractivity contribution in [2.45, 2.75) is 0 Å². The summed E-state index contributed by atoms with van der Waals surface area (Å²) in [5, 5.41) is 36.8. The van der Waals surface area contributed by atoms with Crippen LogP contribution in [0.1, 0.15) is 0 Å². The number of hydrogen-bond donors (Lipinski definition) is 0. The molecule has 3 rings (SSSR count). The van der Waals surface area contributed by atoms with Gasteiger partial charge >= 0.3 is 0 Å². The number of rotatable bonds is 2. The van der Waals surface area contributed by atoms with E-state index >= 15 is 0 Å². The van der Waals surface area contributed by atoms with Crippen LogP contribution in [-0.2, 0) is 0 Å². The molecule has 0 aromatic heterocycles. The summed E-state index contributed by atoms with van der Waals surface area (Å²) in [5.74, 6) is -9.98. The van der Waals surface area contributed by atoms with Crippen molar-refractivity contribution in [3.63, 3.8) is 0 Å². The Morgan fingerprint density at radius 2 is 0.735 bits per heavy atom. The van der Waals surface area contributed by atoms with Crippen LogP contribution in [0.5, 0.6) is 0 Å². The molecule has 0 fully saturated rings. The molecule has 0 heterocycles. The first-order valence-corrected chi connectivity index (χ1v) is 8.99. The zero-order valence-electron chi connectivity index (χ0n) is 16.5. The third-order valence-corrected chi connectivity index (χ3v) is 4.73. The molecule has 0 amide bonds. The van der Waals surface area contributed by atoms with E-state index in [1.54, 1.807) is 24.3 Å². The van der Waals surface area contributed by atoms with Gasteiger partial charge in [-0.2, -0.15) is 21.0 Å². The maximum absolute atomic E-state index is 13.9. The monoisotopic (exact) mass is 464 g/mol. The van der Waals surface area contributed by atoms with Crippen LogP contribution in [0.4, 0.5) is 26.3 Å². The van der Waals surface area contributed by atoms with E-state index in [1.165, 1.54) is 0 Å². The molecule has 10 heteroatoms. The number of hydrogen-bond acceptors (Lipinski definition) is 4. The van der Waals surface area contributed by atoms with Crippen LogP contribution in [0.2, 0.25) is 0 Å². The highest BCUT2D eigenvalue weighted by Gasteiger charge is 2.18. The Balaban J connectivity index is 2.65. The maximum atomic E-state index is 13.9. The second kappa shape index (κ2) is 9.20. The zero-order chi connectivity index (χ0) is 25.2. The predicted octanol–water partition coefficient (Wildman–Crippen LogP) is 4.25. The minimum atomic E-state index is -1.79. The number of benzene rings is 3. The number of nitrogens with zero attached hydrogens (tertiary/aromatic N) is 4. The second-order valence-electron chi connectivity index (χ2n) is 6.65. The molecule has 0 aliphatic carbocycles. The fourth-order valence-corrected chi connectivity index (χ4v) is 3.20. The second-order valence-corrected chi connectivity index (χ2v) is 6.65. The molecule has 0 saturated carbocycles. The molecule has 3 aromatic rings. The summed E-state index contributed by atoms with van der Waals surface area (Å²) in [5.41, 5.74) is -2.50. The normalized spacial score (nSPS) is 9.94. The van der Waals surface area contributed by atoms with Crippen LogP contribution < -0.4 is 10.4 Å². The number of nitriles is 4. The number of halogens is 6. The summed E-state index contributed by atoms with van der Waals surface area (Å²) >= 11 is 0. The molecule has 0 unspecified atom stereocenters. The Bertz CT molecular complexity index is 1460. The van der Waals surface area contributed by atoms with Gasteiger partial charge in [-0.1, -0.05) is 0 Å². The van der Waals surface area contributed by atoms with Crippen molar-refractivity contribution < 1.29 is 26.3 Å². The van der Waals surface area contributed by atoms with Crippen LogP contribution in [0.15, 0.2) is 36.4 Å². The standard InChI is InChI=1S/C24H6F6N4/c25-19-1-11(2-20(26)23(19)29)15-5-18(14(9-33)10-34)16(6-17(15)13(7-31)8-32)12-3-21(27)24(30)22(28)4-12/h1-6H. The van der Waals surface area contributed by atoms with E-state index in [0.29, 0.717) is 24.3 Å². The minimum Gasteiger partial charge on any atom is -0.204 e. The van der Waals surface area contributed by atoms with E-state index in [4.69, 9.17) is 0 Å². The lowest BCUT2D eigenvalue weighted by molar-refractivity contribution is 0.447. The molecule has 0 atom stereocenters. The van der Waals surface area contributed by atoms with Crippen molar-refractivity contribution in [2.75, 3.05) is 0 Å². The van der Waals surface area contributed by atoms with Crippen molar-refractivity contribution in [2.24, 2.45) is 0 Å². The summed E-state index contributed by atoms with van der Waals surface area (Å²) in [7, 11) is 0. The molecule has 164 valence electrons. The maximum Gasteiger partial charge on any atom is 0.194 e. The van der Waals surface area contributed by atoms with Gasteiger partial charge < -0.3 is 0 Å². The SMILES string of the molecule is N#CC(C#N)=c1cc(-c2cc(F)c(F)c(F)c2)c(=C(C#N)C#N)cc1-c1cc(F)c(F)c(F)c1. The molecule has 0 spiro atoms. The first kappa shape index (κ1) is 23.6. The van der Waals surface area contributed by atoms with E-state index in [2.05, 4.69) is 0 Å². The van der Waals surface area contributed by atoms with Crippen LogP contribution in [0, 0.1) is 80.2 Å². The van der Waals surface area contributed by atoms with Gasteiger partial charge in [0.15, 0.2) is 34.9 Å². The molecule has 3 aromatic carbocycles. The lowest BCUT2D eigenvalue weighted by Gasteiger charge is -2.11. The first-order chi connectivity index (χ1) is 16.2. The van der Waals surface area contributed by atoms with Gasteiger partial charge in [-0.15, -0.1) is 0 Å². The highest BCUT2D eigenvalue weighted by atomic mass is 19.2. The molecule has 0 bridgehead atoms. The topological polar surface area (TPSA) is 95.2 Å². The van der Waals surface area contributed by atoms with Gasteiger partial charge in [0.05, 0.1) is 0 Å². The highest BCUT2D eigenvalue weighted by Crippen LogP contribution is 2.25. The van der Waals surface area contributed by atoms with Crippen LogP contribution in [0.25, 0.3) is 33.4 Å². The lowest BCUT2D eigenvalue weighted by Crippen LogP contribution is -2.19. The average Bonchev–Trinajstić information content (AvgIpc) is 2.82. The van der Waals surface area contributed by atoms with Gasteiger partial charge in [0.25, 0.3) is 0 Å². The van der Waals surface area contributed by atoms with Crippen molar-refractivity contribution >= 4 is 11.1 Å². The van der Waals surface area contributed by atoms with E-state index in [1.807, 2.05) is 0 Å². The van der Waals surface area contributed by atoms with E-state index in [0.717, 1.165) is 12.1 Å². The quantitative estimate of drug-likeness (QED) is 0.419. The molecule has 4 nitrogen and oxygen atoms in total. The summed E-state index contributed by atoms with van der Waals surface area (Å²) in [6, 6.07) is 10.4. The summed E-state index contributed by atoms with van der Waals surface area (Å²) in [4.78, 5) is 0. The van der Waals surface area contributed by atoms with Gasteiger partial charge in [0, 0.05) is 10.4 Å². The predicted molar refractivity (Wildman–Crippen MR) is 106 cm³/mol. The van der Waals surface area contributed by atoms with Crippen LogP contribution in [-0.4, -0.2) is 0 Å². The Hall–Kier alpha value is -5.06. The fourth-order valence-electron chi connectivity index (χ4n) is 3.20. The van der Waals surface area contributed by atoms with E-state index in [9.17, 15) is 47.4 Å². The fraction of sp³-hybridized carbons (Fsp3) is 0. The average molecular weight is 464 g/mol. The van der Waals surface area contributed by atoms with Crippen molar-refractivity contribution in [3.8, 4) is 46.5 Å². The third kappa shape index (κ3) is 4.05. The Morgan fingerprint density at radius 3 is 0.971 bits per heavy atom. The molecule has 0 radical (unpaired) electrons. The smallest absolute Gasteiger partial charge is 0.194 e. The van der Waals surface area contributed by atoms with Crippen molar-refractivity contribution in [1.29, 1.82) is 21.0 Å². The van der Waals surface area contributed by atoms with Gasteiger partial charge in [-0.25, -0.2) is 26.3 Å². The zero-order valence-corrected chi connectivity index (χ0v) is 16.5. The van der Waals surface area contributed by atoms with Gasteiger partial charge in [0.2, 0.25) is 0 Å². The Morgan fingerprint density at radius 1 is 0.471 bits per heavy atom. The first-order valence-electron chi connectivity index (χ1n) is 8.99. The molecule has 0 aliphatic heterocycles. The lowest BCUT2D eigenvalue weighted by atomic mass is 9.92. The third-order valence-electron chi connectivity index (χ3n) is 4.73. The van der Waals surface area contributed by atoms with Crippen molar-refractivity contribution in [3.05, 3.63) is 81.7 Å². The summed E-state index contributed by atoms with van der Waals surface area (Å²) in [6.07, 6.45) is 0. The minimum absolute atomic E-state index is 0.263. The highest BCUT2D eigenvalue weighted by molar-refractivity contribution is 5.85. The van der Waals surface area contributed by atoms with Crippen molar-refractivity contribution in [1.82, 2.24) is 0 Å². The summed E-state index contributed by atoms with van der Waals surface area (Å²) in [6.45, 7) is 0. The molecular weight excluding hydrogens is 458 g/mol. The van der Waals surface area contributed by atoms with Gasteiger partial charge in [-0.05, 0) is 58.7 Å². The van der Waals surface area contributed by atoms with Crippen LogP contribution in [0.3, 0.4) is 0 Å². The van der Waals surface area contributed by atoms with Gasteiger partial charge in [0.1, 0.15) is 35.4 Å². The van der Waals surface area contributed by atoms with E-state index in [-0.39, 0.29) is 32.7 Å². The van der Waals surface area contributed by atoms with E-state index < -0.39 is 46.0 Å².